The average molecular weight is 462 g/mol. The third-order valence-corrected chi connectivity index (χ3v) is 5.37. The summed E-state index contributed by atoms with van der Waals surface area (Å²) in [5.41, 5.74) is -0.274. The molecule has 2 aromatic carbocycles. The predicted molar refractivity (Wildman–Crippen MR) is 127 cm³/mol. The Morgan fingerprint density at radius 2 is 1.88 bits per heavy atom. The highest BCUT2D eigenvalue weighted by atomic mass is 16.5. The van der Waals surface area contributed by atoms with Crippen molar-refractivity contribution in [1.29, 1.82) is 5.26 Å². The monoisotopic (exact) mass is 461 g/mol. The fourth-order valence-electron chi connectivity index (χ4n) is 3.39. The van der Waals surface area contributed by atoms with E-state index in [1.54, 1.807) is 39.0 Å². The number of carbonyl (C=O) groups excluding carboxylic acids is 2. The number of carbonyl (C=O) groups is 2. The number of esters is 1. The highest BCUT2D eigenvalue weighted by molar-refractivity contribution is 6.03. The summed E-state index contributed by atoms with van der Waals surface area (Å²) in [7, 11) is 0. The molecule has 34 heavy (non-hydrogen) atoms. The van der Waals surface area contributed by atoms with Gasteiger partial charge in [0.15, 0.2) is 11.4 Å². The second-order valence-corrected chi connectivity index (χ2v) is 8.33. The van der Waals surface area contributed by atoms with Crippen LogP contribution in [-0.4, -0.2) is 35.1 Å². The van der Waals surface area contributed by atoms with Crippen LogP contribution in [0.4, 0.5) is 0 Å². The van der Waals surface area contributed by atoms with Gasteiger partial charge in [0, 0.05) is 17.3 Å². The lowest BCUT2D eigenvalue weighted by molar-refractivity contribution is -0.153. The van der Waals surface area contributed by atoms with Gasteiger partial charge in [-0.1, -0.05) is 25.1 Å². The Balaban J connectivity index is 1.91. The molecular weight excluding hydrogens is 434 g/mol. The lowest BCUT2D eigenvalue weighted by Gasteiger charge is -2.22. The van der Waals surface area contributed by atoms with Crippen molar-refractivity contribution in [2.45, 2.75) is 34.1 Å². The molecule has 0 aliphatic heterocycles. The van der Waals surface area contributed by atoms with E-state index in [1.807, 2.05) is 37.3 Å². The van der Waals surface area contributed by atoms with Gasteiger partial charge >= 0.3 is 5.97 Å². The molecule has 8 nitrogen and oxygen atoms in total. The van der Waals surface area contributed by atoms with Crippen molar-refractivity contribution < 1.29 is 24.2 Å². The van der Waals surface area contributed by atoms with Crippen molar-refractivity contribution in [3.8, 4) is 23.3 Å². The fourth-order valence-corrected chi connectivity index (χ4v) is 3.39. The molecule has 0 saturated carbocycles. The van der Waals surface area contributed by atoms with Crippen LogP contribution in [0, 0.1) is 16.7 Å². The minimum Gasteiger partial charge on any atom is -0.505 e. The maximum Gasteiger partial charge on any atom is 0.313 e. The number of amides is 1. The number of nitriles is 1. The van der Waals surface area contributed by atoms with Crippen molar-refractivity contribution in [3.63, 3.8) is 0 Å². The van der Waals surface area contributed by atoms with Crippen LogP contribution < -0.4 is 10.1 Å². The molecule has 176 valence electrons. The molecule has 1 heterocycles. The summed E-state index contributed by atoms with van der Waals surface area (Å²) in [6.45, 7) is 7.19. The van der Waals surface area contributed by atoms with Gasteiger partial charge in [0.2, 0.25) is 0 Å². The molecule has 0 radical (unpaired) electrons. The number of pyridine rings is 1. The van der Waals surface area contributed by atoms with Gasteiger partial charge in [-0.15, -0.1) is 0 Å². The maximum absolute atomic E-state index is 12.8. The van der Waals surface area contributed by atoms with E-state index < -0.39 is 17.3 Å². The third-order valence-electron chi connectivity index (χ3n) is 5.37. The van der Waals surface area contributed by atoms with Gasteiger partial charge in [-0.3, -0.25) is 9.59 Å². The first kappa shape index (κ1) is 24.5. The van der Waals surface area contributed by atoms with Gasteiger partial charge < -0.3 is 19.9 Å². The van der Waals surface area contributed by atoms with Crippen LogP contribution in [0.3, 0.4) is 0 Å². The molecule has 0 bridgehead atoms. The number of nitrogens with zero attached hydrogens (tertiary/aromatic N) is 2. The van der Waals surface area contributed by atoms with Gasteiger partial charge in [0.05, 0.1) is 12.0 Å². The summed E-state index contributed by atoms with van der Waals surface area (Å²) in [5, 5.41) is 23.7. The minimum absolute atomic E-state index is 0.0307. The smallest absolute Gasteiger partial charge is 0.313 e. The van der Waals surface area contributed by atoms with Crippen LogP contribution >= 0.6 is 0 Å². The zero-order chi connectivity index (χ0) is 24.9. The molecule has 8 heteroatoms. The minimum atomic E-state index is -0.975. The Labute approximate surface area is 198 Å². The van der Waals surface area contributed by atoms with E-state index >= 15 is 0 Å². The summed E-state index contributed by atoms with van der Waals surface area (Å²) >= 11 is 0. The summed E-state index contributed by atoms with van der Waals surface area (Å²) in [6, 6.07) is 14.5. The van der Waals surface area contributed by atoms with Gasteiger partial charge in [0.1, 0.15) is 23.3 Å². The number of aryl methyl sites for hydroxylation is 1. The lowest BCUT2D eigenvalue weighted by Crippen LogP contribution is -2.40. The quantitative estimate of drug-likeness (QED) is 0.474. The summed E-state index contributed by atoms with van der Waals surface area (Å²) in [4.78, 5) is 28.9. The molecular formula is C26H27N3O5. The lowest BCUT2D eigenvalue weighted by atomic mass is 9.93. The van der Waals surface area contributed by atoms with E-state index in [9.17, 15) is 20.0 Å². The van der Waals surface area contributed by atoms with Gasteiger partial charge in [0.25, 0.3) is 5.91 Å². The third kappa shape index (κ3) is 5.09. The first-order valence-electron chi connectivity index (χ1n) is 11.0. The van der Waals surface area contributed by atoms with Gasteiger partial charge in [-0.25, -0.2) is 4.98 Å². The van der Waals surface area contributed by atoms with Crippen LogP contribution in [-0.2, 0) is 16.0 Å². The fraction of sp³-hybridized carbons (Fsp3) is 0.308. The molecule has 0 aliphatic rings. The number of fused-ring (bicyclic) bond motifs is 1. The Morgan fingerprint density at radius 1 is 1.15 bits per heavy atom. The second-order valence-electron chi connectivity index (χ2n) is 8.33. The molecule has 0 atom stereocenters. The summed E-state index contributed by atoms with van der Waals surface area (Å²) in [6.07, 6.45) is 0.793. The summed E-state index contributed by atoms with van der Waals surface area (Å²) in [5.74, 6) is -0.355. The van der Waals surface area contributed by atoms with Crippen molar-refractivity contribution in [3.05, 3.63) is 59.4 Å². The SMILES string of the molecule is CCOC(=O)C(C)(C)CNC(=O)c1nc(C#N)c2cc(Oc3ccccc3CC)ccc2c1O. The van der Waals surface area contributed by atoms with E-state index in [0.717, 1.165) is 12.0 Å². The standard InChI is InChI=1S/C26H27N3O5/c1-5-16-9-7-8-10-21(16)34-17-11-12-18-19(13-17)20(14-27)29-22(23(18)30)24(31)28-15-26(3,4)25(32)33-6-2/h7-13,30H,5-6,15H2,1-4H3,(H,28,31). The predicted octanol–water partition coefficient (Wildman–Crippen LogP) is 4.49. The maximum atomic E-state index is 12.8. The number of benzene rings is 2. The molecule has 1 amide bonds. The van der Waals surface area contributed by atoms with Crippen LogP contribution in [0.1, 0.15) is 49.4 Å². The van der Waals surface area contributed by atoms with Crippen molar-refractivity contribution >= 4 is 22.6 Å². The van der Waals surface area contributed by atoms with Crippen molar-refractivity contribution in [2.24, 2.45) is 5.41 Å². The van der Waals surface area contributed by atoms with E-state index in [4.69, 9.17) is 9.47 Å². The largest absolute Gasteiger partial charge is 0.505 e. The van der Waals surface area contributed by atoms with Crippen LogP contribution in [0.5, 0.6) is 17.2 Å². The zero-order valence-electron chi connectivity index (χ0n) is 19.6. The second kappa shape index (κ2) is 10.2. The van der Waals surface area contributed by atoms with Crippen molar-refractivity contribution in [2.75, 3.05) is 13.2 Å². The number of para-hydroxylation sites is 1. The first-order valence-corrected chi connectivity index (χ1v) is 11.0. The first-order chi connectivity index (χ1) is 16.2. The normalized spacial score (nSPS) is 11.0. The molecule has 0 spiro atoms. The Morgan fingerprint density at radius 3 is 2.56 bits per heavy atom. The number of nitrogens with one attached hydrogen (secondary N) is 1. The van der Waals surface area contributed by atoms with Crippen LogP contribution in [0.25, 0.3) is 10.8 Å². The highest BCUT2D eigenvalue weighted by Gasteiger charge is 2.30. The van der Waals surface area contributed by atoms with E-state index in [-0.39, 0.29) is 35.7 Å². The molecule has 3 aromatic rings. The average Bonchev–Trinajstić information content (AvgIpc) is 2.83. The molecule has 0 aliphatic carbocycles. The van der Waals surface area contributed by atoms with Crippen LogP contribution in [0.2, 0.25) is 0 Å². The van der Waals surface area contributed by atoms with E-state index in [1.165, 1.54) is 0 Å². The van der Waals surface area contributed by atoms with Crippen LogP contribution in [0.15, 0.2) is 42.5 Å². The van der Waals surface area contributed by atoms with Gasteiger partial charge in [-0.2, -0.15) is 5.26 Å². The topological polar surface area (TPSA) is 122 Å². The van der Waals surface area contributed by atoms with E-state index in [2.05, 4.69) is 10.3 Å². The number of aromatic hydroxyl groups is 1. The molecule has 0 saturated heterocycles. The van der Waals surface area contributed by atoms with Gasteiger partial charge in [-0.05, 0) is 57.0 Å². The zero-order valence-corrected chi connectivity index (χ0v) is 19.6. The van der Waals surface area contributed by atoms with Crippen molar-refractivity contribution in [1.82, 2.24) is 10.3 Å². The molecule has 0 unspecified atom stereocenters. The Kier molecular flexibility index (Phi) is 7.37. The summed E-state index contributed by atoms with van der Waals surface area (Å²) < 4.78 is 11.0. The Bertz CT molecular complexity index is 1280. The molecule has 0 fully saturated rings. The Hall–Kier alpha value is -4.12. The number of hydrogen-bond acceptors (Lipinski definition) is 7. The highest BCUT2D eigenvalue weighted by Crippen LogP contribution is 2.34. The molecule has 2 N–H and O–H groups in total. The number of ether oxygens (including phenoxy) is 2. The molecule has 3 rings (SSSR count). The van der Waals surface area contributed by atoms with E-state index in [0.29, 0.717) is 16.9 Å². The number of aromatic nitrogens is 1. The molecule has 1 aromatic heterocycles. The number of hydrogen-bond donors (Lipinski definition) is 2. The number of rotatable bonds is 8.